The minimum Gasteiger partial charge on any atom is -0.486 e. The predicted octanol–water partition coefficient (Wildman–Crippen LogP) is 5.35. The minimum atomic E-state index is 0.0258. The molecule has 1 aliphatic carbocycles. The number of ether oxygens (including phenoxy) is 2. The van der Waals surface area contributed by atoms with Crippen LogP contribution in [-0.4, -0.2) is 45.1 Å². The van der Waals surface area contributed by atoms with Gasteiger partial charge >= 0.3 is 0 Å². The van der Waals surface area contributed by atoms with Crippen LogP contribution in [0, 0.1) is 5.41 Å². The highest BCUT2D eigenvalue weighted by Crippen LogP contribution is 2.47. The second-order valence-electron chi connectivity index (χ2n) is 8.60. The van der Waals surface area contributed by atoms with Crippen LogP contribution < -0.4 is 15.8 Å². The topological polar surface area (TPSA) is 90.6 Å². The molecule has 6 nitrogen and oxygen atoms in total. The summed E-state index contributed by atoms with van der Waals surface area (Å²) in [7, 11) is 2.04. The van der Waals surface area contributed by atoms with Crippen LogP contribution in [0.15, 0.2) is 42.5 Å². The molecule has 34 heavy (non-hydrogen) atoms. The molecule has 0 aliphatic heterocycles. The first-order chi connectivity index (χ1) is 16.1. The number of benzene rings is 2. The summed E-state index contributed by atoms with van der Waals surface area (Å²) in [5.74, 6) is 0.538. The Morgan fingerprint density at radius 1 is 1.06 bits per heavy atom. The Bertz CT molecular complexity index is 905. The van der Waals surface area contributed by atoms with Crippen molar-refractivity contribution in [2.45, 2.75) is 38.6 Å². The predicted molar refractivity (Wildman–Crippen MR) is 139 cm³/mol. The van der Waals surface area contributed by atoms with Crippen molar-refractivity contribution < 1.29 is 19.1 Å². The Labute approximate surface area is 217 Å². The van der Waals surface area contributed by atoms with Crippen molar-refractivity contribution in [3.8, 4) is 5.75 Å². The van der Waals surface area contributed by atoms with E-state index in [4.69, 9.17) is 49.1 Å². The molecule has 0 atom stereocenters. The van der Waals surface area contributed by atoms with Gasteiger partial charge in [-0.2, -0.15) is 0 Å². The molecule has 1 aliphatic rings. The second kappa shape index (κ2) is 15.2. The first-order valence-electron chi connectivity index (χ1n) is 10.8. The van der Waals surface area contributed by atoms with E-state index in [1.165, 1.54) is 18.4 Å². The number of nitrogens with two attached hydrogens (primary N) is 1. The van der Waals surface area contributed by atoms with Gasteiger partial charge in [-0.05, 0) is 68.5 Å². The average Bonchev–Trinajstić information content (AvgIpc) is 2.78. The number of primary amides is 1. The van der Waals surface area contributed by atoms with Crippen LogP contribution in [0.4, 0.5) is 0 Å². The molecule has 1 saturated carbocycles. The molecule has 3 rings (SSSR count). The van der Waals surface area contributed by atoms with Crippen molar-refractivity contribution in [3.05, 3.63) is 63.1 Å². The number of nitrogens with one attached hydrogen (secondary N) is 1. The lowest BCUT2D eigenvalue weighted by Gasteiger charge is -2.53. The average molecular weight is 532 g/mol. The lowest BCUT2D eigenvalue weighted by molar-refractivity contribution is -0.109. The lowest BCUT2D eigenvalue weighted by Crippen LogP contribution is -2.57. The highest BCUT2D eigenvalue weighted by molar-refractivity contribution is 6.42. The van der Waals surface area contributed by atoms with E-state index in [1.54, 1.807) is 18.2 Å². The van der Waals surface area contributed by atoms with Gasteiger partial charge in [-0.3, -0.25) is 9.59 Å². The van der Waals surface area contributed by atoms with Gasteiger partial charge in [0.2, 0.25) is 6.41 Å². The van der Waals surface area contributed by atoms with Crippen molar-refractivity contribution in [1.29, 1.82) is 0 Å². The number of hydrogen-bond donors (Lipinski definition) is 2. The summed E-state index contributed by atoms with van der Waals surface area (Å²) in [6.07, 6.45) is 4.23. The summed E-state index contributed by atoms with van der Waals surface area (Å²) in [5.41, 5.74) is 6.06. The third kappa shape index (κ3) is 11.1. The van der Waals surface area contributed by atoms with Gasteiger partial charge in [0, 0.05) is 16.6 Å². The van der Waals surface area contributed by atoms with Gasteiger partial charge in [-0.1, -0.05) is 53.9 Å². The summed E-state index contributed by atoms with van der Waals surface area (Å²) in [6, 6.07) is 12.8. The Morgan fingerprint density at radius 3 is 2.29 bits per heavy atom. The summed E-state index contributed by atoms with van der Waals surface area (Å²) in [4.78, 5) is 18.5. The number of amides is 1. The van der Waals surface area contributed by atoms with Crippen LogP contribution in [-0.2, 0) is 20.7 Å². The molecular formula is C25H33Cl3N2O4. The van der Waals surface area contributed by atoms with Crippen LogP contribution >= 0.6 is 34.8 Å². The molecule has 0 radical (unpaired) electrons. The summed E-state index contributed by atoms with van der Waals surface area (Å²) < 4.78 is 10.8. The zero-order chi connectivity index (χ0) is 25.6. The number of carbonyl (C=O) groups excluding carboxylic acids is 2. The number of aldehydes is 1. The highest BCUT2D eigenvalue weighted by atomic mass is 35.5. The van der Waals surface area contributed by atoms with Crippen LogP contribution in [0.3, 0.4) is 0 Å². The van der Waals surface area contributed by atoms with Crippen LogP contribution in [0.1, 0.15) is 32.3 Å². The van der Waals surface area contributed by atoms with E-state index < -0.39 is 0 Å². The van der Waals surface area contributed by atoms with Gasteiger partial charge in [-0.15, -0.1) is 0 Å². The van der Waals surface area contributed by atoms with Gasteiger partial charge in [0.15, 0.2) is 6.29 Å². The first-order valence-corrected chi connectivity index (χ1v) is 11.9. The third-order valence-corrected chi connectivity index (χ3v) is 6.30. The quantitative estimate of drug-likeness (QED) is 0.336. The minimum absolute atomic E-state index is 0.0258. The monoisotopic (exact) mass is 530 g/mol. The normalized spacial score (nSPS) is 20.5. The Balaban J connectivity index is 0.000000330. The fourth-order valence-electron chi connectivity index (χ4n) is 4.01. The van der Waals surface area contributed by atoms with E-state index >= 15 is 0 Å². The number of hydrogen-bond acceptors (Lipinski definition) is 5. The van der Waals surface area contributed by atoms with E-state index in [1.807, 2.05) is 25.2 Å². The Hall–Kier alpha value is -1.83. The Kier molecular flexibility index (Phi) is 13.5. The largest absolute Gasteiger partial charge is 0.486 e. The number of carbonyl (C=O) groups is 2. The zero-order valence-electron chi connectivity index (χ0n) is 19.8. The molecule has 0 aromatic heterocycles. The van der Waals surface area contributed by atoms with Gasteiger partial charge in [-0.25, -0.2) is 0 Å². The molecule has 2 aromatic rings. The van der Waals surface area contributed by atoms with Gasteiger partial charge < -0.3 is 20.5 Å². The van der Waals surface area contributed by atoms with E-state index in [2.05, 4.69) is 31.0 Å². The molecule has 0 saturated heterocycles. The van der Waals surface area contributed by atoms with Gasteiger partial charge in [0.25, 0.3) is 0 Å². The second-order valence-corrected chi connectivity index (χ2v) is 9.85. The molecular weight excluding hydrogens is 499 g/mol. The zero-order valence-corrected chi connectivity index (χ0v) is 22.1. The van der Waals surface area contributed by atoms with Crippen molar-refractivity contribution in [1.82, 2.24) is 5.32 Å². The first kappa shape index (κ1) is 30.2. The molecule has 2 aromatic carbocycles. The van der Waals surface area contributed by atoms with Crippen molar-refractivity contribution in [2.24, 2.45) is 11.1 Å². The maximum atomic E-state index is 9.95. The van der Waals surface area contributed by atoms with Crippen LogP contribution in [0.2, 0.25) is 15.1 Å². The van der Waals surface area contributed by atoms with E-state index in [9.17, 15) is 4.79 Å². The van der Waals surface area contributed by atoms with E-state index in [0.717, 1.165) is 24.7 Å². The maximum Gasteiger partial charge on any atom is 0.204 e. The lowest BCUT2D eigenvalue weighted by atomic mass is 9.59. The van der Waals surface area contributed by atoms with Crippen LogP contribution in [0.25, 0.3) is 0 Å². The fraction of sp³-hybridized carbons (Fsp3) is 0.440. The number of halogens is 3. The molecule has 9 heteroatoms. The maximum absolute atomic E-state index is 9.95. The molecule has 3 N–H and O–H groups in total. The van der Waals surface area contributed by atoms with Crippen molar-refractivity contribution >= 4 is 47.5 Å². The molecule has 1 fully saturated rings. The highest BCUT2D eigenvalue weighted by Gasteiger charge is 2.47. The molecule has 0 bridgehead atoms. The summed E-state index contributed by atoms with van der Waals surface area (Å²) in [5, 5.41) is 5.07. The van der Waals surface area contributed by atoms with E-state index in [0.29, 0.717) is 33.0 Å². The third-order valence-electron chi connectivity index (χ3n) is 5.32. The fourth-order valence-corrected chi connectivity index (χ4v) is 4.51. The van der Waals surface area contributed by atoms with Gasteiger partial charge in [0.1, 0.15) is 12.4 Å². The molecule has 188 valence electrons. The standard InChI is InChI=1S/C16H24ClNO.C8H6Cl2O2.CH3NO/c1-15(10-16(2,11-15)18-3)12-19-8-7-13-5-4-6-14(17)9-13;9-7-2-1-6(5-8(7)10)12-4-3-11;2-1-3/h4-6,9,18H,7-8,10-12H2,1-3H3;1-3,5H,4H2;1H,(H2,2,3). The van der Waals surface area contributed by atoms with E-state index in [-0.39, 0.29) is 13.0 Å². The van der Waals surface area contributed by atoms with Gasteiger partial charge in [0.05, 0.1) is 23.3 Å². The SMILES string of the molecule is CNC1(C)CC(C)(COCCc2cccc(Cl)c2)C1.NC=O.O=CCOc1ccc(Cl)c(Cl)c1. The number of rotatable bonds is 9. The smallest absolute Gasteiger partial charge is 0.204 e. The molecule has 0 unspecified atom stereocenters. The molecule has 0 heterocycles. The molecule has 1 amide bonds. The van der Waals surface area contributed by atoms with Crippen LogP contribution in [0.5, 0.6) is 5.75 Å². The van der Waals surface area contributed by atoms with Crippen molar-refractivity contribution in [2.75, 3.05) is 26.9 Å². The molecule has 0 spiro atoms. The van der Waals surface area contributed by atoms with Crippen molar-refractivity contribution in [3.63, 3.8) is 0 Å². The Morgan fingerprint density at radius 2 is 1.74 bits per heavy atom. The summed E-state index contributed by atoms with van der Waals surface area (Å²) in [6.45, 7) is 6.24. The summed E-state index contributed by atoms with van der Waals surface area (Å²) >= 11 is 17.3.